The zero-order chi connectivity index (χ0) is 26.8. The number of ether oxygens (including phenoxy) is 2. The molecule has 3 amide bonds. The molecule has 2 aromatic heterocycles. The molecule has 3 heterocycles. The van der Waals surface area contributed by atoms with Crippen molar-refractivity contribution in [2.24, 2.45) is 5.73 Å². The summed E-state index contributed by atoms with van der Waals surface area (Å²) in [5.41, 5.74) is 6.56. The number of fused-ring (bicyclic) bond motifs is 1. The number of nitrogens with two attached hydrogens (primary N) is 1. The van der Waals surface area contributed by atoms with Crippen LogP contribution in [0.15, 0.2) is 60.8 Å². The summed E-state index contributed by atoms with van der Waals surface area (Å²) in [5, 5.41) is 3.37. The Bertz CT molecular complexity index is 1560. The fourth-order valence-electron chi connectivity index (χ4n) is 4.29. The Morgan fingerprint density at radius 1 is 1.13 bits per heavy atom. The van der Waals surface area contributed by atoms with E-state index in [2.05, 4.69) is 10.3 Å². The summed E-state index contributed by atoms with van der Waals surface area (Å²) in [5.74, 6) is -3.19. The number of thiophene rings is 1. The Labute approximate surface area is 221 Å². The maximum Gasteiger partial charge on any atom is 0.241 e. The molecule has 0 aliphatic carbocycles. The highest BCUT2D eigenvalue weighted by atomic mass is 32.1. The maximum absolute atomic E-state index is 15.2. The Morgan fingerprint density at radius 3 is 2.66 bits per heavy atom. The van der Waals surface area contributed by atoms with Crippen LogP contribution in [0.5, 0.6) is 17.2 Å². The molecule has 1 fully saturated rings. The molecule has 4 aromatic rings. The van der Waals surface area contributed by atoms with Gasteiger partial charge in [-0.15, -0.1) is 11.3 Å². The Morgan fingerprint density at radius 2 is 1.95 bits per heavy atom. The van der Waals surface area contributed by atoms with E-state index >= 15 is 4.39 Å². The standard InChI is InChI=1S/C27H23FN4O5S/c1-36-20-6-3-2-5-17(20)31-27(35)24(26(29)34)15-8-9-19(16(28)13-15)37-21-10-11-30-18-14-23(38-25(18)21)32-12-4-7-22(32)33/h2-3,5-6,8-11,13-14,24H,4,7,12H2,1H3,(H2,29,34)(H,31,35). The first-order valence-electron chi connectivity index (χ1n) is 11.7. The number of nitrogens with one attached hydrogen (secondary N) is 1. The molecule has 0 saturated carbocycles. The molecule has 38 heavy (non-hydrogen) atoms. The van der Waals surface area contributed by atoms with Gasteiger partial charge in [0.15, 0.2) is 11.6 Å². The number of hydrogen-bond acceptors (Lipinski definition) is 7. The fraction of sp³-hybridized carbons (Fsp3) is 0.185. The predicted octanol–water partition coefficient (Wildman–Crippen LogP) is 4.57. The van der Waals surface area contributed by atoms with E-state index in [-0.39, 0.29) is 17.2 Å². The van der Waals surface area contributed by atoms with Gasteiger partial charge in [-0.3, -0.25) is 19.4 Å². The van der Waals surface area contributed by atoms with E-state index in [0.29, 0.717) is 40.4 Å². The largest absolute Gasteiger partial charge is 0.495 e. The highest BCUT2D eigenvalue weighted by Crippen LogP contribution is 2.40. The van der Waals surface area contributed by atoms with Crippen molar-refractivity contribution in [3.63, 3.8) is 0 Å². The molecule has 5 rings (SSSR count). The zero-order valence-electron chi connectivity index (χ0n) is 20.3. The number of para-hydroxylation sites is 2. The van der Waals surface area contributed by atoms with Crippen molar-refractivity contribution < 1.29 is 28.2 Å². The molecule has 9 nitrogen and oxygen atoms in total. The number of halogens is 1. The fourth-order valence-corrected chi connectivity index (χ4v) is 5.40. The molecule has 3 N–H and O–H groups in total. The lowest BCUT2D eigenvalue weighted by molar-refractivity contribution is -0.127. The molecule has 1 aliphatic rings. The average Bonchev–Trinajstić information content (AvgIpc) is 3.52. The number of rotatable bonds is 8. The summed E-state index contributed by atoms with van der Waals surface area (Å²) < 4.78 is 26.9. The van der Waals surface area contributed by atoms with Gasteiger partial charge in [0.05, 0.1) is 23.0 Å². The van der Waals surface area contributed by atoms with Gasteiger partial charge in [0.1, 0.15) is 22.4 Å². The van der Waals surface area contributed by atoms with Crippen LogP contribution in [0.3, 0.4) is 0 Å². The number of primary amides is 1. The van der Waals surface area contributed by atoms with Gasteiger partial charge in [-0.1, -0.05) is 18.2 Å². The quantitative estimate of drug-likeness (QED) is 0.319. The second-order valence-corrected chi connectivity index (χ2v) is 9.60. The van der Waals surface area contributed by atoms with Crippen molar-refractivity contribution in [1.82, 2.24) is 4.98 Å². The lowest BCUT2D eigenvalue weighted by Gasteiger charge is -2.16. The van der Waals surface area contributed by atoms with Crippen LogP contribution in [0, 0.1) is 5.82 Å². The normalized spacial score (nSPS) is 13.9. The third-order valence-electron chi connectivity index (χ3n) is 6.12. The Kier molecular flexibility index (Phi) is 6.93. The van der Waals surface area contributed by atoms with Crippen LogP contribution in [0.1, 0.15) is 24.3 Å². The van der Waals surface area contributed by atoms with Gasteiger partial charge in [-0.05, 0) is 42.3 Å². The highest BCUT2D eigenvalue weighted by Gasteiger charge is 2.29. The molecule has 1 atom stereocenters. The number of nitrogens with zero attached hydrogens (tertiary/aromatic N) is 2. The van der Waals surface area contributed by atoms with Crippen LogP contribution in [0.25, 0.3) is 10.2 Å². The third-order valence-corrected chi connectivity index (χ3v) is 7.28. The van der Waals surface area contributed by atoms with Gasteiger partial charge >= 0.3 is 0 Å². The van der Waals surface area contributed by atoms with Crippen LogP contribution >= 0.6 is 11.3 Å². The zero-order valence-corrected chi connectivity index (χ0v) is 21.1. The monoisotopic (exact) mass is 534 g/mol. The van der Waals surface area contributed by atoms with Crippen molar-refractivity contribution in [2.75, 3.05) is 23.9 Å². The lowest BCUT2D eigenvalue weighted by Crippen LogP contribution is -2.32. The summed E-state index contributed by atoms with van der Waals surface area (Å²) in [6, 6.07) is 13.9. The van der Waals surface area contributed by atoms with Crippen molar-refractivity contribution in [1.29, 1.82) is 0 Å². The number of anilines is 2. The Hall–Kier alpha value is -4.51. The van der Waals surface area contributed by atoms with E-state index in [1.165, 1.54) is 36.8 Å². The maximum atomic E-state index is 15.2. The van der Waals surface area contributed by atoms with E-state index < -0.39 is 23.5 Å². The van der Waals surface area contributed by atoms with E-state index in [4.69, 9.17) is 15.2 Å². The first kappa shape index (κ1) is 25.2. The summed E-state index contributed by atoms with van der Waals surface area (Å²) in [6.07, 6.45) is 2.84. The molecule has 194 valence electrons. The molecule has 2 aromatic carbocycles. The number of benzene rings is 2. The van der Waals surface area contributed by atoms with Crippen molar-refractivity contribution in [2.45, 2.75) is 18.8 Å². The summed E-state index contributed by atoms with van der Waals surface area (Å²) in [7, 11) is 1.45. The average molecular weight is 535 g/mol. The smallest absolute Gasteiger partial charge is 0.241 e. The summed E-state index contributed by atoms with van der Waals surface area (Å²) in [6.45, 7) is 0.642. The van der Waals surface area contributed by atoms with Gasteiger partial charge < -0.3 is 25.4 Å². The van der Waals surface area contributed by atoms with Crippen molar-refractivity contribution in [3.05, 3.63) is 72.2 Å². The van der Waals surface area contributed by atoms with Gasteiger partial charge in [0, 0.05) is 25.2 Å². The first-order valence-corrected chi connectivity index (χ1v) is 12.6. The topological polar surface area (TPSA) is 124 Å². The Balaban J connectivity index is 1.40. The summed E-state index contributed by atoms with van der Waals surface area (Å²) in [4.78, 5) is 43.3. The summed E-state index contributed by atoms with van der Waals surface area (Å²) >= 11 is 1.34. The van der Waals surface area contributed by atoms with Crippen LogP contribution in [0.2, 0.25) is 0 Å². The van der Waals surface area contributed by atoms with E-state index in [9.17, 15) is 14.4 Å². The van der Waals surface area contributed by atoms with Crippen LogP contribution in [-0.2, 0) is 14.4 Å². The lowest BCUT2D eigenvalue weighted by atomic mass is 9.97. The van der Waals surface area contributed by atoms with Crippen LogP contribution in [0.4, 0.5) is 15.1 Å². The van der Waals surface area contributed by atoms with Crippen molar-refractivity contribution >= 4 is 50.0 Å². The van der Waals surface area contributed by atoms with Gasteiger partial charge in [0.25, 0.3) is 0 Å². The third kappa shape index (κ3) is 4.88. The van der Waals surface area contributed by atoms with Crippen LogP contribution in [-0.4, -0.2) is 36.4 Å². The van der Waals surface area contributed by atoms with Gasteiger partial charge in [-0.25, -0.2) is 4.39 Å². The molecule has 11 heteroatoms. The highest BCUT2D eigenvalue weighted by molar-refractivity contribution is 7.23. The van der Waals surface area contributed by atoms with E-state index in [0.717, 1.165) is 17.5 Å². The molecular weight excluding hydrogens is 511 g/mol. The predicted molar refractivity (Wildman–Crippen MR) is 141 cm³/mol. The number of carbonyl (C=O) groups excluding carboxylic acids is 3. The molecule has 1 aliphatic heterocycles. The minimum absolute atomic E-state index is 0.0550. The molecule has 1 saturated heterocycles. The number of methoxy groups -OCH3 is 1. The van der Waals surface area contributed by atoms with Crippen molar-refractivity contribution in [3.8, 4) is 17.2 Å². The first-order chi connectivity index (χ1) is 18.4. The second kappa shape index (κ2) is 10.5. The second-order valence-electron chi connectivity index (χ2n) is 8.57. The number of amides is 3. The minimum atomic E-state index is -1.45. The molecule has 0 bridgehead atoms. The SMILES string of the molecule is COc1ccccc1NC(=O)C(C(N)=O)c1ccc(Oc2ccnc3cc(N4CCCC4=O)sc23)c(F)c1. The molecule has 0 spiro atoms. The van der Waals surface area contributed by atoms with E-state index in [1.54, 1.807) is 35.2 Å². The number of carbonyl (C=O) groups is 3. The molecular formula is C27H23FN4O5S. The molecule has 0 radical (unpaired) electrons. The molecule has 1 unspecified atom stereocenters. The van der Waals surface area contributed by atoms with Gasteiger partial charge in [0.2, 0.25) is 17.7 Å². The number of pyridine rings is 1. The van der Waals surface area contributed by atoms with E-state index in [1.807, 2.05) is 6.07 Å². The number of hydrogen-bond donors (Lipinski definition) is 2. The minimum Gasteiger partial charge on any atom is -0.495 e. The number of aromatic nitrogens is 1. The van der Waals surface area contributed by atoms with Crippen LogP contribution < -0.4 is 25.4 Å². The van der Waals surface area contributed by atoms with Gasteiger partial charge in [-0.2, -0.15) is 0 Å².